The lowest BCUT2D eigenvalue weighted by atomic mass is 9.98. The van der Waals surface area contributed by atoms with Gasteiger partial charge in [0.25, 0.3) is 0 Å². The molecule has 1 heterocycles. The van der Waals surface area contributed by atoms with E-state index in [4.69, 9.17) is 4.74 Å². The highest BCUT2D eigenvalue weighted by Crippen LogP contribution is 2.33. The molecule has 0 unspecified atom stereocenters. The molecule has 1 aliphatic rings. The third-order valence-corrected chi connectivity index (χ3v) is 2.82. The minimum absolute atomic E-state index is 0.112. The summed E-state index contributed by atoms with van der Waals surface area (Å²) >= 11 is 0. The van der Waals surface area contributed by atoms with Gasteiger partial charge in [-0.05, 0) is 40.2 Å². The van der Waals surface area contributed by atoms with E-state index in [2.05, 4.69) is 37.5 Å². The third-order valence-electron chi connectivity index (χ3n) is 2.82. The fraction of sp³-hybridized carbons (Fsp3) is 0.667. The van der Waals surface area contributed by atoms with E-state index in [1.807, 2.05) is 6.92 Å². The van der Waals surface area contributed by atoms with Crippen molar-refractivity contribution in [2.24, 2.45) is 0 Å². The molecule has 0 aliphatic carbocycles. The molecule has 0 spiro atoms. The highest BCUT2D eigenvalue weighted by molar-refractivity contribution is 5.12. The van der Waals surface area contributed by atoms with Crippen LogP contribution >= 0.6 is 0 Å². The van der Waals surface area contributed by atoms with Crippen molar-refractivity contribution in [3.63, 3.8) is 0 Å². The van der Waals surface area contributed by atoms with Gasteiger partial charge in [0.15, 0.2) is 5.88 Å². The molecular weight excluding hydrogens is 174 g/mol. The van der Waals surface area contributed by atoms with Gasteiger partial charge in [-0.3, -0.25) is 0 Å². The van der Waals surface area contributed by atoms with Crippen molar-refractivity contribution in [3.05, 3.63) is 24.6 Å². The first-order chi connectivity index (χ1) is 6.64. The van der Waals surface area contributed by atoms with Crippen LogP contribution in [0.5, 0.6) is 0 Å². The first kappa shape index (κ1) is 11.2. The Hall–Kier alpha value is -0.920. The van der Waals surface area contributed by atoms with E-state index in [1.165, 1.54) is 12.8 Å². The van der Waals surface area contributed by atoms with Gasteiger partial charge < -0.3 is 9.64 Å². The van der Waals surface area contributed by atoms with Crippen molar-refractivity contribution in [2.45, 2.75) is 39.2 Å². The minimum atomic E-state index is 0.112. The number of allylic oxidation sites excluding steroid dienone is 1. The molecule has 0 aromatic carbocycles. The van der Waals surface area contributed by atoms with E-state index in [1.54, 1.807) is 0 Å². The first-order valence-electron chi connectivity index (χ1n) is 5.37. The zero-order valence-corrected chi connectivity index (χ0v) is 9.55. The quantitative estimate of drug-likeness (QED) is 0.505. The van der Waals surface area contributed by atoms with Gasteiger partial charge in [0.1, 0.15) is 0 Å². The zero-order chi connectivity index (χ0) is 10.6. The molecule has 0 saturated carbocycles. The first-order valence-corrected chi connectivity index (χ1v) is 5.37. The Morgan fingerprint density at radius 2 is 2.36 bits per heavy atom. The second-order valence-corrected chi connectivity index (χ2v) is 3.94. The highest BCUT2D eigenvalue weighted by atomic mass is 16.5. The zero-order valence-electron chi connectivity index (χ0n) is 9.55. The van der Waals surface area contributed by atoms with Crippen LogP contribution in [0.1, 0.15) is 33.6 Å². The summed E-state index contributed by atoms with van der Waals surface area (Å²) in [6, 6.07) is 0. The van der Waals surface area contributed by atoms with Crippen molar-refractivity contribution >= 4 is 0 Å². The van der Waals surface area contributed by atoms with E-state index in [-0.39, 0.29) is 5.54 Å². The molecule has 14 heavy (non-hydrogen) atoms. The van der Waals surface area contributed by atoms with Crippen molar-refractivity contribution in [3.8, 4) is 0 Å². The Labute approximate surface area is 87.2 Å². The van der Waals surface area contributed by atoms with Crippen molar-refractivity contribution in [1.82, 2.24) is 4.90 Å². The lowest BCUT2D eigenvalue weighted by Gasteiger charge is -2.35. The summed E-state index contributed by atoms with van der Waals surface area (Å²) in [6.07, 6.45) is 6.75. The van der Waals surface area contributed by atoms with Crippen LogP contribution in [-0.4, -0.2) is 23.6 Å². The number of rotatable bonds is 4. The Balaban J connectivity index is 2.72. The van der Waals surface area contributed by atoms with E-state index in [0.29, 0.717) is 6.61 Å². The third kappa shape index (κ3) is 2.11. The minimum Gasteiger partial charge on any atom is -0.480 e. The van der Waals surface area contributed by atoms with E-state index < -0.39 is 0 Å². The average molecular weight is 195 g/mol. The van der Waals surface area contributed by atoms with Crippen molar-refractivity contribution < 1.29 is 4.74 Å². The van der Waals surface area contributed by atoms with Gasteiger partial charge in [0, 0.05) is 6.54 Å². The normalized spacial score (nSPS) is 27.2. The standard InChI is InChI=1S/C12H21NO/c1-5-8-12(4)9-7-10-13(12)11(3)14-6-2/h5,8H,3,6-7,9-10H2,1-2,4H3/b8-5+/t12-/m1/s1. The van der Waals surface area contributed by atoms with Crippen molar-refractivity contribution in [2.75, 3.05) is 13.2 Å². The lowest BCUT2D eigenvalue weighted by Crippen LogP contribution is -2.38. The molecule has 0 aromatic heterocycles. The largest absolute Gasteiger partial charge is 0.480 e. The van der Waals surface area contributed by atoms with E-state index >= 15 is 0 Å². The molecule has 1 rings (SSSR count). The Kier molecular flexibility index (Phi) is 3.62. The molecular formula is C12H21NO. The average Bonchev–Trinajstić information content (AvgIpc) is 2.48. The Bertz CT molecular complexity index is 234. The lowest BCUT2D eigenvalue weighted by molar-refractivity contribution is 0.0953. The molecule has 1 saturated heterocycles. The molecule has 0 radical (unpaired) electrons. The van der Waals surface area contributed by atoms with Crippen LogP contribution < -0.4 is 0 Å². The number of nitrogens with zero attached hydrogens (tertiary/aromatic N) is 1. The van der Waals surface area contributed by atoms with Gasteiger partial charge in [-0.1, -0.05) is 12.2 Å². The number of likely N-dealkylation sites (tertiary alicyclic amines) is 1. The summed E-state index contributed by atoms with van der Waals surface area (Å²) in [6.45, 7) is 12.0. The highest BCUT2D eigenvalue weighted by Gasteiger charge is 2.35. The summed E-state index contributed by atoms with van der Waals surface area (Å²) in [7, 11) is 0. The molecule has 1 aliphatic heterocycles. The van der Waals surface area contributed by atoms with E-state index in [0.717, 1.165) is 12.4 Å². The molecule has 0 amide bonds. The molecule has 80 valence electrons. The van der Waals surface area contributed by atoms with Gasteiger partial charge in [-0.15, -0.1) is 0 Å². The molecule has 1 atom stereocenters. The fourth-order valence-electron chi connectivity index (χ4n) is 2.17. The van der Waals surface area contributed by atoms with Crippen LogP contribution in [0.3, 0.4) is 0 Å². The molecule has 1 fully saturated rings. The van der Waals surface area contributed by atoms with Gasteiger partial charge in [-0.2, -0.15) is 0 Å². The Morgan fingerprint density at radius 3 is 2.93 bits per heavy atom. The number of hydrogen-bond donors (Lipinski definition) is 0. The number of ether oxygens (including phenoxy) is 1. The fourth-order valence-corrected chi connectivity index (χ4v) is 2.17. The van der Waals surface area contributed by atoms with Gasteiger partial charge in [0.2, 0.25) is 0 Å². The smallest absolute Gasteiger partial charge is 0.182 e. The summed E-state index contributed by atoms with van der Waals surface area (Å²) in [5, 5.41) is 0. The summed E-state index contributed by atoms with van der Waals surface area (Å²) in [5.74, 6) is 0.811. The van der Waals surface area contributed by atoms with Crippen molar-refractivity contribution in [1.29, 1.82) is 0 Å². The molecule has 0 N–H and O–H groups in total. The summed E-state index contributed by atoms with van der Waals surface area (Å²) in [4.78, 5) is 2.26. The second kappa shape index (κ2) is 4.54. The predicted molar refractivity (Wildman–Crippen MR) is 59.9 cm³/mol. The van der Waals surface area contributed by atoms with Crippen LogP contribution in [0.4, 0.5) is 0 Å². The van der Waals surface area contributed by atoms with Gasteiger partial charge >= 0.3 is 0 Å². The summed E-state index contributed by atoms with van der Waals surface area (Å²) < 4.78 is 5.47. The second-order valence-electron chi connectivity index (χ2n) is 3.94. The molecule has 2 heteroatoms. The molecule has 2 nitrogen and oxygen atoms in total. The number of hydrogen-bond acceptors (Lipinski definition) is 2. The van der Waals surface area contributed by atoms with Crippen LogP contribution in [0.2, 0.25) is 0 Å². The van der Waals surface area contributed by atoms with Crippen LogP contribution in [0.15, 0.2) is 24.6 Å². The maximum Gasteiger partial charge on any atom is 0.182 e. The van der Waals surface area contributed by atoms with Crippen LogP contribution in [-0.2, 0) is 4.74 Å². The van der Waals surface area contributed by atoms with Crippen LogP contribution in [0.25, 0.3) is 0 Å². The topological polar surface area (TPSA) is 12.5 Å². The molecule has 0 aromatic rings. The van der Waals surface area contributed by atoms with Crippen LogP contribution in [0, 0.1) is 0 Å². The predicted octanol–water partition coefficient (Wildman–Crippen LogP) is 2.92. The SMILES string of the molecule is C=C(OCC)N1CCC[C@@]1(C)/C=C/C. The summed E-state index contributed by atoms with van der Waals surface area (Å²) in [5.41, 5.74) is 0.112. The molecule has 0 bridgehead atoms. The maximum absolute atomic E-state index is 5.47. The van der Waals surface area contributed by atoms with Gasteiger partial charge in [-0.25, -0.2) is 0 Å². The monoisotopic (exact) mass is 195 g/mol. The maximum atomic E-state index is 5.47. The Morgan fingerprint density at radius 1 is 1.64 bits per heavy atom. The van der Waals surface area contributed by atoms with Gasteiger partial charge in [0.05, 0.1) is 12.1 Å². The van der Waals surface area contributed by atoms with E-state index in [9.17, 15) is 0 Å².